The van der Waals surface area contributed by atoms with Gasteiger partial charge >= 0.3 is 16.0 Å². The van der Waals surface area contributed by atoms with E-state index in [-0.39, 0.29) is 13.2 Å². The number of hydrogen-bond donors (Lipinski definition) is 4. The molecule has 9 heteroatoms. The lowest BCUT2D eigenvalue weighted by Gasteiger charge is -2.08. The third kappa shape index (κ3) is 6.65. The average molecular weight is 205 g/mol. The SMILES string of the molecule is O=[PH](O)OP(=O)(O)NCCO. The van der Waals surface area contributed by atoms with Crippen LogP contribution in [0.3, 0.4) is 0 Å². The first kappa shape index (κ1) is 11.3. The minimum atomic E-state index is -4.19. The molecule has 0 amide bonds. The Kier molecular flexibility index (Phi) is 5.12. The zero-order chi connectivity index (χ0) is 8.91. The van der Waals surface area contributed by atoms with Crippen molar-refractivity contribution in [1.82, 2.24) is 5.09 Å². The molecule has 0 aromatic heterocycles. The number of nitrogens with one attached hydrogen (secondary N) is 1. The van der Waals surface area contributed by atoms with Crippen LogP contribution in [0, 0.1) is 0 Å². The summed E-state index contributed by atoms with van der Waals surface area (Å²) in [5, 5.41) is 10.0. The predicted octanol–water partition coefficient (Wildman–Crippen LogP) is -0.933. The van der Waals surface area contributed by atoms with E-state index in [0.717, 1.165) is 0 Å². The molecule has 2 atom stereocenters. The van der Waals surface area contributed by atoms with Crippen molar-refractivity contribution in [2.75, 3.05) is 13.2 Å². The maximum atomic E-state index is 10.6. The van der Waals surface area contributed by atoms with Crippen LogP contribution in [0.2, 0.25) is 0 Å². The molecule has 0 fully saturated rings. The minimum Gasteiger partial charge on any atom is -0.395 e. The molecular formula is C2H9NO6P2. The number of rotatable bonds is 5. The van der Waals surface area contributed by atoms with Crippen LogP contribution in [-0.2, 0) is 13.4 Å². The smallest absolute Gasteiger partial charge is 0.395 e. The first-order valence-corrected chi connectivity index (χ1v) is 5.43. The van der Waals surface area contributed by atoms with Crippen molar-refractivity contribution in [2.24, 2.45) is 0 Å². The Labute approximate surface area is 63.5 Å². The Morgan fingerprint density at radius 3 is 2.55 bits per heavy atom. The fourth-order valence-corrected chi connectivity index (χ4v) is 1.82. The van der Waals surface area contributed by atoms with Crippen molar-refractivity contribution in [1.29, 1.82) is 0 Å². The summed E-state index contributed by atoms with van der Waals surface area (Å²) in [5.74, 6) is 0. The molecule has 0 saturated heterocycles. The van der Waals surface area contributed by atoms with Gasteiger partial charge in [-0.3, -0.25) is 4.57 Å². The quantitative estimate of drug-likeness (QED) is 0.428. The van der Waals surface area contributed by atoms with E-state index in [9.17, 15) is 9.13 Å². The summed E-state index contributed by atoms with van der Waals surface area (Å²) in [7, 11) is -7.62. The van der Waals surface area contributed by atoms with E-state index in [1.165, 1.54) is 0 Å². The molecule has 0 radical (unpaired) electrons. The van der Waals surface area contributed by atoms with E-state index in [4.69, 9.17) is 14.9 Å². The molecule has 0 bridgehead atoms. The molecule has 0 aromatic carbocycles. The summed E-state index contributed by atoms with van der Waals surface area (Å²) >= 11 is 0. The van der Waals surface area contributed by atoms with Crippen molar-refractivity contribution in [3.63, 3.8) is 0 Å². The summed E-state index contributed by atoms with van der Waals surface area (Å²) in [4.78, 5) is 16.7. The van der Waals surface area contributed by atoms with Gasteiger partial charge in [0.1, 0.15) is 0 Å². The molecular weight excluding hydrogens is 196 g/mol. The maximum absolute atomic E-state index is 10.6. The van der Waals surface area contributed by atoms with E-state index in [2.05, 4.69) is 4.31 Å². The molecule has 0 aliphatic carbocycles. The van der Waals surface area contributed by atoms with Crippen LogP contribution in [0.15, 0.2) is 0 Å². The second-order valence-electron chi connectivity index (χ2n) is 1.51. The lowest BCUT2D eigenvalue weighted by molar-refractivity contribution is 0.288. The second kappa shape index (κ2) is 5.00. The van der Waals surface area contributed by atoms with Gasteiger partial charge in [0.2, 0.25) is 0 Å². The highest BCUT2D eigenvalue weighted by molar-refractivity contribution is 7.58. The topological polar surface area (TPSA) is 116 Å². The highest BCUT2D eigenvalue weighted by Crippen LogP contribution is 2.45. The molecule has 2 unspecified atom stereocenters. The van der Waals surface area contributed by atoms with E-state index in [0.29, 0.717) is 0 Å². The Hall–Kier alpha value is 0.260. The van der Waals surface area contributed by atoms with Gasteiger partial charge in [-0.15, -0.1) is 0 Å². The van der Waals surface area contributed by atoms with E-state index in [1.54, 1.807) is 0 Å². The molecule has 0 aliphatic rings. The average Bonchev–Trinajstić information content (AvgIpc) is 1.81. The van der Waals surface area contributed by atoms with Crippen LogP contribution < -0.4 is 5.09 Å². The normalized spacial score (nSPS) is 19.2. The van der Waals surface area contributed by atoms with Crippen molar-refractivity contribution < 1.29 is 28.3 Å². The minimum absolute atomic E-state index is 0.178. The van der Waals surface area contributed by atoms with E-state index in [1.807, 2.05) is 5.09 Å². The summed E-state index contributed by atoms with van der Waals surface area (Å²) in [5.41, 5.74) is 0. The van der Waals surface area contributed by atoms with Gasteiger partial charge in [0.05, 0.1) is 6.61 Å². The molecule has 11 heavy (non-hydrogen) atoms. The third-order valence-corrected chi connectivity index (χ3v) is 2.86. The van der Waals surface area contributed by atoms with Crippen LogP contribution in [-0.4, -0.2) is 28.0 Å². The summed E-state index contributed by atoms with van der Waals surface area (Å²) < 4.78 is 24.2. The Morgan fingerprint density at radius 1 is 1.64 bits per heavy atom. The lowest BCUT2D eigenvalue weighted by atomic mass is 10.8. The fraction of sp³-hybridized carbons (Fsp3) is 1.00. The van der Waals surface area contributed by atoms with Crippen LogP contribution in [0.5, 0.6) is 0 Å². The zero-order valence-electron chi connectivity index (χ0n) is 5.43. The summed E-state index contributed by atoms with van der Waals surface area (Å²) in [6.07, 6.45) is 0. The highest BCUT2D eigenvalue weighted by Gasteiger charge is 2.20. The molecule has 68 valence electrons. The van der Waals surface area contributed by atoms with Gasteiger partial charge < -0.3 is 14.9 Å². The summed E-state index contributed by atoms with van der Waals surface area (Å²) in [6, 6.07) is 0. The van der Waals surface area contributed by atoms with Crippen LogP contribution in [0.25, 0.3) is 0 Å². The van der Waals surface area contributed by atoms with Gasteiger partial charge in [0, 0.05) is 6.54 Å². The summed E-state index contributed by atoms with van der Waals surface area (Å²) in [6.45, 7) is -0.538. The van der Waals surface area contributed by atoms with Crippen molar-refractivity contribution in [3.05, 3.63) is 0 Å². The number of hydrogen-bond acceptors (Lipinski definition) is 4. The van der Waals surface area contributed by atoms with Crippen molar-refractivity contribution in [3.8, 4) is 0 Å². The Balaban J connectivity index is 3.80. The van der Waals surface area contributed by atoms with Crippen molar-refractivity contribution in [2.45, 2.75) is 0 Å². The monoisotopic (exact) mass is 205 g/mol. The van der Waals surface area contributed by atoms with Gasteiger partial charge in [0.15, 0.2) is 0 Å². The Bertz CT molecular complexity index is 181. The standard InChI is InChI=1S/C2H9NO6P2/c4-2-1-3-11(7,8)9-10(5)6/h4,10H,1-2H2,(H,5,6)(H2,3,7,8). The maximum Gasteiger partial charge on any atom is 0.410 e. The largest absolute Gasteiger partial charge is 0.410 e. The molecule has 0 heterocycles. The van der Waals surface area contributed by atoms with Crippen LogP contribution in [0.4, 0.5) is 0 Å². The van der Waals surface area contributed by atoms with Gasteiger partial charge in [0.25, 0.3) is 0 Å². The molecule has 7 nitrogen and oxygen atoms in total. The second-order valence-corrected chi connectivity index (χ2v) is 4.13. The molecule has 0 spiro atoms. The van der Waals surface area contributed by atoms with Gasteiger partial charge in [-0.25, -0.2) is 14.0 Å². The molecule has 0 aliphatic heterocycles. The van der Waals surface area contributed by atoms with E-state index >= 15 is 0 Å². The molecule has 0 aromatic rings. The number of aliphatic hydroxyl groups excluding tert-OH is 1. The van der Waals surface area contributed by atoms with Crippen LogP contribution in [0.1, 0.15) is 0 Å². The van der Waals surface area contributed by atoms with Crippen molar-refractivity contribution >= 4 is 16.0 Å². The lowest BCUT2D eigenvalue weighted by Crippen LogP contribution is -2.14. The van der Waals surface area contributed by atoms with Gasteiger partial charge in [-0.05, 0) is 0 Å². The highest BCUT2D eigenvalue weighted by atomic mass is 31.2. The van der Waals surface area contributed by atoms with Gasteiger partial charge in [-0.1, -0.05) is 0 Å². The molecule has 0 saturated carbocycles. The molecule has 0 rings (SSSR count). The van der Waals surface area contributed by atoms with Crippen LogP contribution >= 0.6 is 16.0 Å². The Morgan fingerprint density at radius 2 is 2.18 bits per heavy atom. The zero-order valence-corrected chi connectivity index (χ0v) is 7.32. The van der Waals surface area contributed by atoms with E-state index < -0.39 is 16.0 Å². The predicted molar refractivity (Wildman–Crippen MR) is 37.2 cm³/mol. The third-order valence-electron chi connectivity index (χ3n) is 0.625. The first-order valence-electron chi connectivity index (χ1n) is 2.59. The fourth-order valence-electron chi connectivity index (χ4n) is 0.329. The molecule has 4 N–H and O–H groups in total. The van der Waals surface area contributed by atoms with Gasteiger partial charge in [-0.2, -0.15) is 0 Å². The first-order chi connectivity index (χ1) is 4.98. The number of aliphatic hydroxyl groups is 1.